The Hall–Kier alpha value is -2.89. The van der Waals surface area contributed by atoms with Gasteiger partial charge in [0.25, 0.3) is 0 Å². The van der Waals surface area contributed by atoms with Crippen molar-refractivity contribution in [2.24, 2.45) is 5.73 Å². The lowest BCUT2D eigenvalue weighted by Gasteiger charge is -2.29. The Bertz CT molecular complexity index is 1270. The Morgan fingerprint density at radius 2 is 1.70 bits per heavy atom. The van der Waals surface area contributed by atoms with Crippen molar-refractivity contribution in [1.82, 2.24) is 15.4 Å². The minimum atomic E-state index is -3.79. The third-order valence-corrected chi connectivity index (χ3v) is 8.17. The van der Waals surface area contributed by atoms with Gasteiger partial charge in [0.15, 0.2) is 5.78 Å². The Labute approximate surface area is 221 Å². The molecule has 0 aliphatic carbocycles. The second-order valence-corrected chi connectivity index (χ2v) is 11.9. The van der Waals surface area contributed by atoms with Gasteiger partial charge in [0, 0.05) is 17.3 Å². The number of carbonyl (C=O) groups is 2. The molecule has 3 aromatic rings. The molecule has 0 spiro atoms. The fourth-order valence-electron chi connectivity index (χ4n) is 4.70. The highest BCUT2D eigenvalue weighted by Gasteiger charge is 2.38. The molecule has 0 radical (unpaired) electrons. The number of thiophene rings is 1. The average Bonchev–Trinajstić information content (AvgIpc) is 3.60. The molecule has 196 valence electrons. The molecule has 1 aliphatic heterocycles. The number of hydrogen-bond donors (Lipinski definition) is 4. The normalized spacial score (nSPS) is 17.4. The number of rotatable bonds is 11. The number of sulfonamides is 1. The molecule has 2 heterocycles. The predicted octanol–water partition coefficient (Wildman–Crippen LogP) is 2.44. The molecule has 1 aromatic heterocycles. The zero-order valence-electron chi connectivity index (χ0n) is 20.6. The lowest BCUT2D eigenvalue weighted by molar-refractivity contribution is -0.129. The van der Waals surface area contributed by atoms with Crippen molar-refractivity contribution in [3.05, 3.63) is 93.7 Å². The smallest absolute Gasteiger partial charge is 0.240 e. The highest BCUT2D eigenvalue weighted by Crippen LogP contribution is 2.31. The van der Waals surface area contributed by atoms with Gasteiger partial charge in [-0.15, -0.1) is 11.3 Å². The number of Topliss-reactive ketones (excluding diaryl/α,β-unsaturated/α-hetero) is 1. The SMILES string of the molecule is CS(=O)(=O)N[C@@H](C(=O)NC(C(=O)[C@@H]1CCCN1)c1cc(CN)cs1)C(c1ccccc1)c1ccccc1. The van der Waals surface area contributed by atoms with E-state index in [-0.39, 0.29) is 11.8 Å². The summed E-state index contributed by atoms with van der Waals surface area (Å²) >= 11 is 1.36. The number of ketones is 1. The summed E-state index contributed by atoms with van der Waals surface area (Å²) in [5, 5.41) is 7.98. The van der Waals surface area contributed by atoms with Crippen LogP contribution in [-0.2, 0) is 26.2 Å². The van der Waals surface area contributed by atoms with Gasteiger partial charge in [-0.05, 0) is 47.5 Å². The van der Waals surface area contributed by atoms with Crippen LogP contribution in [0.1, 0.15) is 46.4 Å². The molecule has 1 amide bonds. The Morgan fingerprint density at radius 1 is 1.08 bits per heavy atom. The maximum Gasteiger partial charge on any atom is 0.240 e. The highest BCUT2D eigenvalue weighted by atomic mass is 32.2. The van der Waals surface area contributed by atoms with E-state index >= 15 is 0 Å². The van der Waals surface area contributed by atoms with Gasteiger partial charge in [0.1, 0.15) is 12.1 Å². The largest absolute Gasteiger partial charge is 0.340 e. The Morgan fingerprint density at radius 3 is 2.19 bits per heavy atom. The monoisotopic (exact) mass is 540 g/mol. The number of benzene rings is 2. The molecule has 5 N–H and O–H groups in total. The molecule has 8 nitrogen and oxygen atoms in total. The summed E-state index contributed by atoms with van der Waals surface area (Å²) in [5.74, 6) is -1.35. The van der Waals surface area contributed by atoms with Crippen LogP contribution in [0.5, 0.6) is 0 Å². The van der Waals surface area contributed by atoms with E-state index in [1.165, 1.54) is 11.3 Å². The second kappa shape index (κ2) is 12.1. The van der Waals surface area contributed by atoms with Crippen LogP contribution in [0, 0.1) is 0 Å². The summed E-state index contributed by atoms with van der Waals surface area (Å²) in [6.45, 7) is 1.05. The summed E-state index contributed by atoms with van der Waals surface area (Å²) in [6.07, 6.45) is 2.58. The number of nitrogens with two attached hydrogens (primary N) is 1. The maximum atomic E-state index is 14.0. The van der Waals surface area contributed by atoms with Gasteiger partial charge >= 0.3 is 0 Å². The van der Waals surface area contributed by atoms with Crippen molar-refractivity contribution >= 4 is 33.1 Å². The minimum absolute atomic E-state index is 0.148. The molecule has 3 atom stereocenters. The first-order valence-corrected chi connectivity index (χ1v) is 15.0. The molecule has 2 aromatic carbocycles. The van der Waals surface area contributed by atoms with Gasteiger partial charge in [-0.3, -0.25) is 9.59 Å². The molecular weight excluding hydrogens is 508 g/mol. The van der Waals surface area contributed by atoms with Crippen molar-refractivity contribution < 1.29 is 18.0 Å². The van der Waals surface area contributed by atoms with Crippen LogP contribution in [0.25, 0.3) is 0 Å². The van der Waals surface area contributed by atoms with E-state index in [2.05, 4.69) is 15.4 Å². The zero-order chi connectivity index (χ0) is 26.4. The van der Waals surface area contributed by atoms with Gasteiger partial charge in [-0.2, -0.15) is 0 Å². The minimum Gasteiger partial charge on any atom is -0.340 e. The standard InChI is InChI=1S/C27H32N4O4S2/c1-37(34,35)31-25(23(19-9-4-2-5-10-19)20-11-6-3-7-12-20)27(33)30-24(22-15-18(16-28)17-36-22)26(32)21-13-8-14-29-21/h2-7,9-12,15,17,21,23-25,29,31H,8,13-14,16,28H2,1H3,(H,30,33)/t21-,24?,25+/m0/s1. The summed E-state index contributed by atoms with van der Waals surface area (Å²) in [4.78, 5) is 28.2. The van der Waals surface area contributed by atoms with Gasteiger partial charge in [-0.25, -0.2) is 13.1 Å². The van der Waals surface area contributed by atoms with Crippen molar-refractivity contribution in [2.75, 3.05) is 12.8 Å². The van der Waals surface area contributed by atoms with Gasteiger partial charge < -0.3 is 16.4 Å². The van der Waals surface area contributed by atoms with Crippen molar-refractivity contribution in [2.45, 2.75) is 43.4 Å². The van der Waals surface area contributed by atoms with E-state index in [9.17, 15) is 18.0 Å². The van der Waals surface area contributed by atoms with E-state index in [1.807, 2.05) is 72.1 Å². The molecule has 10 heteroatoms. The summed E-state index contributed by atoms with van der Waals surface area (Å²) in [7, 11) is -3.79. The lowest BCUT2D eigenvalue weighted by Crippen LogP contribution is -2.52. The van der Waals surface area contributed by atoms with E-state index in [4.69, 9.17) is 5.73 Å². The fourth-order valence-corrected chi connectivity index (χ4v) is 6.38. The molecule has 1 unspecified atom stereocenters. The number of hydrogen-bond acceptors (Lipinski definition) is 7. The molecule has 1 saturated heterocycles. The average molecular weight is 541 g/mol. The predicted molar refractivity (Wildman–Crippen MR) is 146 cm³/mol. The van der Waals surface area contributed by atoms with Gasteiger partial charge in [0.2, 0.25) is 15.9 Å². The molecule has 0 bridgehead atoms. The lowest BCUT2D eigenvalue weighted by atomic mass is 9.84. The van der Waals surface area contributed by atoms with Crippen LogP contribution in [0.2, 0.25) is 0 Å². The van der Waals surface area contributed by atoms with Gasteiger partial charge in [0.05, 0.1) is 12.3 Å². The number of nitrogens with one attached hydrogen (secondary N) is 3. The molecule has 1 fully saturated rings. The van der Waals surface area contributed by atoms with Gasteiger partial charge in [-0.1, -0.05) is 60.7 Å². The van der Waals surface area contributed by atoms with Crippen LogP contribution in [-0.4, -0.2) is 45.0 Å². The topological polar surface area (TPSA) is 130 Å². The third-order valence-electron chi connectivity index (χ3n) is 6.44. The first-order valence-electron chi connectivity index (χ1n) is 12.2. The molecule has 1 aliphatic rings. The third kappa shape index (κ3) is 6.91. The maximum absolute atomic E-state index is 14.0. The molecule has 0 saturated carbocycles. The Balaban J connectivity index is 1.74. The summed E-state index contributed by atoms with van der Waals surface area (Å²) in [5.41, 5.74) is 8.20. The zero-order valence-corrected chi connectivity index (χ0v) is 22.2. The van der Waals surface area contributed by atoms with E-state index < -0.39 is 33.9 Å². The van der Waals surface area contributed by atoms with Crippen molar-refractivity contribution in [3.8, 4) is 0 Å². The highest BCUT2D eigenvalue weighted by molar-refractivity contribution is 7.88. The molecular formula is C27H32N4O4S2. The number of amides is 1. The summed E-state index contributed by atoms with van der Waals surface area (Å²) in [6, 6.07) is 17.9. The van der Waals surface area contributed by atoms with Crippen molar-refractivity contribution in [3.63, 3.8) is 0 Å². The first kappa shape index (κ1) is 27.2. The first-order chi connectivity index (χ1) is 17.8. The van der Waals surface area contributed by atoms with E-state index in [0.29, 0.717) is 17.8 Å². The Kier molecular flexibility index (Phi) is 8.88. The van der Waals surface area contributed by atoms with Crippen LogP contribution in [0.15, 0.2) is 72.1 Å². The van der Waals surface area contributed by atoms with Crippen LogP contribution in [0.4, 0.5) is 0 Å². The van der Waals surface area contributed by atoms with Crippen molar-refractivity contribution in [1.29, 1.82) is 0 Å². The molecule has 37 heavy (non-hydrogen) atoms. The summed E-state index contributed by atoms with van der Waals surface area (Å²) < 4.78 is 27.5. The fraction of sp³-hybridized carbons (Fsp3) is 0.333. The second-order valence-electron chi connectivity index (χ2n) is 9.22. The quantitative estimate of drug-likeness (QED) is 0.296. The molecule has 4 rings (SSSR count). The van der Waals surface area contributed by atoms with Crippen LogP contribution in [0.3, 0.4) is 0 Å². The number of carbonyl (C=O) groups excluding carboxylic acids is 2. The van der Waals surface area contributed by atoms with Crippen LogP contribution < -0.4 is 21.1 Å². The van der Waals surface area contributed by atoms with E-state index in [1.54, 1.807) is 0 Å². The van der Waals surface area contributed by atoms with Crippen LogP contribution >= 0.6 is 11.3 Å². The van der Waals surface area contributed by atoms with E-state index in [0.717, 1.165) is 35.9 Å².